The molecule has 0 saturated heterocycles. The third-order valence-electron chi connectivity index (χ3n) is 4.23. The predicted molar refractivity (Wildman–Crippen MR) is 86.9 cm³/mol. The number of hydrogen-bond donors (Lipinski definition) is 2. The van der Waals surface area contributed by atoms with Crippen LogP contribution in [-0.4, -0.2) is 16.5 Å². The third-order valence-corrected chi connectivity index (χ3v) is 4.23. The summed E-state index contributed by atoms with van der Waals surface area (Å²) < 4.78 is 13.5. The summed E-state index contributed by atoms with van der Waals surface area (Å²) in [7, 11) is 0. The number of nitrogens with two attached hydrogens (primary N) is 1. The van der Waals surface area contributed by atoms with Crippen molar-refractivity contribution in [3.8, 4) is 11.1 Å². The van der Waals surface area contributed by atoms with Gasteiger partial charge in [-0.15, -0.1) is 0 Å². The van der Waals surface area contributed by atoms with Gasteiger partial charge in [0.2, 0.25) is 5.95 Å². The molecule has 3 N–H and O–H groups in total. The molecule has 1 aromatic heterocycles. The highest BCUT2D eigenvalue weighted by molar-refractivity contribution is 5.75. The molecule has 5 heteroatoms. The van der Waals surface area contributed by atoms with Crippen LogP contribution in [0.5, 0.6) is 0 Å². The van der Waals surface area contributed by atoms with Gasteiger partial charge in [-0.05, 0) is 36.5 Å². The van der Waals surface area contributed by atoms with E-state index >= 15 is 0 Å². The molecule has 0 atom stereocenters. The molecule has 22 heavy (non-hydrogen) atoms. The van der Waals surface area contributed by atoms with Crippen molar-refractivity contribution < 1.29 is 4.39 Å². The van der Waals surface area contributed by atoms with Gasteiger partial charge in [-0.3, -0.25) is 0 Å². The van der Waals surface area contributed by atoms with Crippen molar-refractivity contribution in [3.63, 3.8) is 0 Å². The number of benzene rings is 1. The summed E-state index contributed by atoms with van der Waals surface area (Å²) in [4.78, 5) is 8.34. The van der Waals surface area contributed by atoms with E-state index in [1.165, 1.54) is 44.2 Å². The third kappa shape index (κ3) is 3.53. The van der Waals surface area contributed by atoms with Crippen LogP contribution in [0.4, 0.5) is 16.2 Å². The van der Waals surface area contributed by atoms with Crippen molar-refractivity contribution in [1.29, 1.82) is 0 Å². The highest BCUT2D eigenvalue weighted by Crippen LogP contribution is 2.28. The monoisotopic (exact) mass is 300 g/mol. The van der Waals surface area contributed by atoms with E-state index in [0.29, 0.717) is 11.7 Å². The summed E-state index contributed by atoms with van der Waals surface area (Å²) in [6.45, 7) is 0.874. The number of halogens is 1. The Kier molecular flexibility index (Phi) is 4.51. The predicted octanol–water partition coefficient (Wildman–Crippen LogP) is 3.86. The minimum absolute atomic E-state index is 0.228. The molecule has 1 aliphatic carbocycles. The average Bonchev–Trinajstić information content (AvgIpc) is 2.54. The molecule has 1 heterocycles. The molecule has 4 nitrogen and oxygen atoms in total. The zero-order chi connectivity index (χ0) is 15.4. The zero-order valence-corrected chi connectivity index (χ0v) is 12.6. The van der Waals surface area contributed by atoms with Gasteiger partial charge < -0.3 is 11.1 Å². The van der Waals surface area contributed by atoms with Crippen molar-refractivity contribution in [3.05, 3.63) is 36.3 Å². The van der Waals surface area contributed by atoms with Crippen LogP contribution in [-0.2, 0) is 0 Å². The summed E-state index contributed by atoms with van der Waals surface area (Å²) in [6.07, 6.45) is 8.10. The van der Waals surface area contributed by atoms with Gasteiger partial charge >= 0.3 is 0 Å². The number of nitrogen functional groups attached to an aromatic ring is 1. The molecule has 1 fully saturated rings. The number of aromatic nitrogens is 2. The first-order chi connectivity index (χ1) is 10.7. The Morgan fingerprint density at radius 2 is 2.05 bits per heavy atom. The van der Waals surface area contributed by atoms with E-state index in [4.69, 9.17) is 5.73 Å². The van der Waals surface area contributed by atoms with E-state index in [9.17, 15) is 4.39 Å². The van der Waals surface area contributed by atoms with Crippen LogP contribution in [0.3, 0.4) is 0 Å². The summed E-state index contributed by atoms with van der Waals surface area (Å²) in [5.74, 6) is 1.31. The summed E-state index contributed by atoms with van der Waals surface area (Å²) >= 11 is 0. The molecule has 3 rings (SSSR count). The molecular formula is C17H21FN4. The lowest BCUT2D eigenvalue weighted by Crippen LogP contribution is -2.18. The Morgan fingerprint density at radius 1 is 1.23 bits per heavy atom. The Hall–Kier alpha value is -2.17. The van der Waals surface area contributed by atoms with Gasteiger partial charge in [-0.2, -0.15) is 4.98 Å². The molecule has 116 valence electrons. The Labute approximate surface area is 130 Å². The van der Waals surface area contributed by atoms with E-state index in [0.717, 1.165) is 17.7 Å². The molecule has 0 aliphatic heterocycles. The molecule has 0 spiro atoms. The first kappa shape index (κ1) is 14.8. The fourth-order valence-electron chi connectivity index (χ4n) is 3.03. The van der Waals surface area contributed by atoms with E-state index in [2.05, 4.69) is 15.3 Å². The second-order valence-electron chi connectivity index (χ2n) is 5.89. The highest BCUT2D eigenvalue weighted by atomic mass is 19.1. The van der Waals surface area contributed by atoms with E-state index in [-0.39, 0.29) is 11.8 Å². The number of hydrogen-bond acceptors (Lipinski definition) is 4. The number of nitrogens with zero attached hydrogens (tertiary/aromatic N) is 2. The maximum Gasteiger partial charge on any atom is 0.221 e. The van der Waals surface area contributed by atoms with Gasteiger partial charge in [0, 0.05) is 18.3 Å². The van der Waals surface area contributed by atoms with Crippen molar-refractivity contribution in [2.45, 2.75) is 32.1 Å². The van der Waals surface area contributed by atoms with Gasteiger partial charge in [0.25, 0.3) is 0 Å². The van der Waals surface area contributed by atoms with Gasteiger partial charge in [0.05, 0.1) is 0 Å². The zero-order valence-electron chi connectivity index (χ0n) is 12.6. The normalized spacial score (nSPS) is 15.7. The lowest BCUT2D eigenvalue weighted by atomic mass is 9.89. The fraction of sp³-hybridized carbons (Fsp3) is 0.412. The quantitative estimate of drug-likeness (QED) is 0.900. The van der Waals surface area contributed by atoms with Crippen LogP contribution in [0.1, 0.15) is 32.1 Å². The molecule has 0 unspecified atom stereocenters. The second kappa shape index (κ2) is 6.73. The SMILES string of the molecule is Nc1ncc(-c2cccc(F)c2)c(NCC2CCCCC2)n1. The molecule has 0 radical (unpaired) electrons. The minimum Gasteiger partial charge on any atom is -0.369 e. The molecule has 2 aromatic rings. The Balaban J connectivity index is 1.81. The lowest BCUT2D eigenvalue weighted by molar-refractivity contribution is 0.373. The molecular weight excluding hydrogens is 279 g/mol. The smallest absolute Gasteiger partial charge is 0.221 e. The first-order valence-electron chi connectivity index (χ1n) is 7.85. The molecule has 1 saturated carbocycles. The van der Waals surface area contributed by atoms with Crippen molar-refractivity contribution in [2.75, 3.05) is 17.6 Å². The van der Waals surface area contributed by atoms with Crippen molar-refractivity contribution in [2.24, 2.45) is 5.92 Å². The topological polar surface area (TPSA) is 63.8 Å². The van der Waals surface area contributed by atoms with Gasteiger partial charge in [0.15, 0.2) is 0 Å². The van der Waals surface area contributed by atoms with Crippen molar-refractivity contribution >= 4 is 11.8 Å². The number of nitrogens with one attached hydrogen (secondary N) is 1. The maximum absolute atomic E-state index is 13.5. The van der Waals surface area contributed by atoms with E-state index in [1.54, 1.807) is 12.3 Å². The average molecular weight is 300 g/mol. The van der Waals surface area contributed by atoms with E-state index < -0.39 is 0 Å². The maximum atomic E-state index is 13.5. The van der Waals surface area contributed by atoms with Crippen LogP contribution in [0, 0.1) is 11.7 Å². The van der Waals surface area contributed by atoms with Gasteiger partial charge in [-0.25, -0.2) is 9.37 Å². The van der Waals surface area contributed by atoms with Crippen LogP contribution in [0.25, 0.3) is 11.1 Å². The van der Waals surface area contributed by atoms with Crippen molar-refractivity contribution in [1.82, 2.24) is 9.97 Å². The van der Waals surface area contributed by atoms with Crippen LogP contribution < -0.4 is 11.1 Å². The second-order valence-corrected chi connectivity index (χ2v) is 5.89. The summed E-state index contributed by atoms with van der Waals surface area (Å²) in [5, 5.41) is 3.39. The Bertz CT molecular complexity index is 638. The minimum atomic E-state index is -0.271. The fourth-order valence-corrected chi connectivity index (χ4v) is 3.03. The first-order valence-corrected chi connectivity index (χ1v) is 7.85. The molecule has 1 aliphatic rings. The van der Waals surface area contributed by atoms with Crippen LogP contribution >= 0.6 is 0 Å². The van der Waals surface area contributed by atoms with E-state index in [1.807, 2.05) is 6.07 Å². The number of rotatable bonds is 4. The summed E-state index contributed by atoms with van der Waals surface area (Å²) in [5.41, 5.74) is 7.25. The largest absolute Gasteiger partial charge is 0.369 e. The van der Waals surface area contributed by atoms with Crippen LogP contribution in [0.15, 0.2) is 30.5 Å². The molecule has 0 amide bonds. The van der Waals surface area contributed by atoms with Gasteiger partial charge in [-0.1, -0.05) is 31.4 Å². The molecule has 1 aromatic carbocycles. The number of anilines is 2. The van der Waals surface area contributed by atoms with Gasteiger partial charge in [0.1, 0.15) is 11.6 Å². The van der Waals surface area contributed by atoms with Crippen LogP contribution in [0.2, 0.25) is 0 Å². The standard InChI is InChI=1S/C17H21FN4/c18-14-8-4-7-13(9-14)15-11-21-17(19)22-16(15)20-10-12-5-2-1-3-6-12/h4,7-9,11-12H,1-3,5-6,10H2,(H3,19,20,21,22). The summed E-state index contributed by atoms with van der Waals surface area (Å²) in [6, 6.07) is 6.45. The Morgan fingerprint density at radius 3 is 2.82 bits per heavy atom. The molecule has 0 bridgehead atoms. The highest BCUT2D eigenvalue weighted by Gasteiger charge is 2.15. The lowest BCUT2D eigenvalue weighted by Gasteiger charge is -2.22.